The fraction of sp³-hybridized carbons (Fsp3) is 0.286. The van der Waals surface area contributed by atoms with Gasteiger partial charge in [0, 0.05) is 10.6 Å². The third-order valence-electron chi connectivity index (χ3n) is 2.85. The van der Waals surface area contributed by atoms with Crippen LogP contribution in [-0.4, -0.2) is 0 Å². The zero-order chi connectivity index (χ0) is 13.3. The molecule has 1 aromatic carbocycles. The molecule has 1 unspecified atom stereocenters. The molecular formula is C14H15ClFNO. The molecule has 0 fully saturated rings. The third kappa shape index (κ3) is 2.67. The van der Waals surface area contributed by atoms with Crippen molar-refractivity contribution < 1.29 is 8.81 Å². The molecule has 0 aliphatic carbocycles. The lowest BCUT2D eigenvalue weighted by molar-refractivity contribution is 0.499. The highest BCUT2D eigenvalue weighted by atomic mass is 35.5. The molecule has 2 rings (SSSR count). The van der Waals surface area contributed by atoms with Gasteiger partial charge in [-0.1, -0.05) is 11.6 Å². The van der Waals surface area contributed by atoms with Gasteiger partial charge in [-0.25, -0.2) is 4.39 Å². The zero-order valence-electron chi connectivity index (χ0n) is 10.6. The first-order valence-electron chi connectivity index (χ1n) is 5.76. The second-order valence-electron chi connectivity index (χ2n) is 4.36. The average Bonchev–Trinajstić information content (AvgIpc) is 2.63. The molecule has 2 nitrogen and oxygen atoms in total. The summed E-state index contributed by atoms with van der Waals surface area (Å²) >= 11 is 5.86. The van der Waals surface area contributed by atoms with Gasteiger partial charge in [-0.05, 0) is 45.0 Å². The molecular weight excluding hydrogens is 253 g/mol. The van der Waals surface area contributed by atoms with Crippen LogP contribution in [0.4, 0.5) is 10.1 Å². The lowest BCUT2D eigenvalue weighted by atomic mass is 10.1. The number of rotatable bonds is 3. The molecule has 0 radical (unpaired) electrons. The normalized spacial score (nSPS) is 12.5. The van der Waals surface area contributed by atoms with E-state index < -0.39 is 0 Å². The largest absolute Gasteiger partial charge is 0.466 e. The van der Waals surface area contributed by atoms with Crippen LogP contribution in [0, 0.1) is 19.7 Å². The third-order valence-corrected chi connectivity index (χ3v) is 3.08. The molecule has 2 aromatic rings. The summed E-state index contributed by atoms with van der Waals surface area (Å²) in [4.78, 5) is 0. The Hall–Kier alpha value is -1.48. The van der Waals surface area contributed by atoms with Crippen molar-refractivity contribution in [2.24, 2.45) is 0 Å². The van der Waals surface area contributed by atoms with Gasteiger partial charge in [-0.3, -0.25) is 0 Å². The van der Waals surface area contributed by atoms with E-state index in [0.29, 0.717) is 10.7 Å². The number of hydrogen-bond acceptors (Lipinski definition) is 2. The van der Waals surface area contributed by atoms with E-state index in [2.05, 4.69) is 5.32 Å². The van der Waals surface area contributed by atoms with Crippen molar-refractivity contribution in [3.05, 3.63) is 52.2 Å². The van der Waals surface area contributed by atoms with Gasteiger partial charge in [0.25, 0.3) is 0 Å². The second-order valence-corrected chi connectivity index (χ2v) is 4.80. The van der Waals surface area contributed by atoms with Crippen molar-refractivity contribution in [3.8, 4) is 0 Å². The number of nitrogens with one attached hydrogen (secondary N) is 1. The molecule has 0 amide bonds. The Morgan fingerprint density at radius 1 is 1.28 bits per heavy atom. The van der Waals surface area contributed by atoms with Crippen LogP contribution >= 0.6 is 11.6 Å². The van der Waals surface area contributed by atoms with E-state index in [4.69, 9.17) is 16.0 Å². The van der Waals surface area contributed by atoms with E-state index in [0.717, 1.165) is 17.1 Å². The molecule has 0 saturated heterocycles. The van der Waals surface area contributed by atoms with Crippen LogP contribution in [0.3, 0.4) is 0 Å². The van der Waals surface area contributed by atoms with Crippen LogP contribution in [0.2, 0.25) is 5.02 Å². The van der Waals surface area contributed by atoms with E-state index in [9.17, 15) is 4.39 Å². The number of benzene rings is 1. The molecule has 0 bridgehead atoms. The Labute approximate surface area is 111 Å². The van der Waals surface area contributed by atoms with E-state index >= 15 is 0 Å². The van der Waals surface area contributed by atoms with Crippen molar-refractivity contribution >= 4 is 17.3 Å². The standard InChI is InChI=1S/C14H15ClFNO/c1-8-6-12(10(3)18-8)9(2)17-14-7-11(15)4-5-13(14)16/h4-7,9,17H,1-3H3. The number of hydrogen-bond donors (Lipinski definition) is 1. The molecule has 4 heteroatoms. The predicted molar refractivity (Wildman–Crippen MR) is 71.6 cm³/mol. The molecule has 18 heavy (non-hydrogen) atoms. The Morgan fingerprint density at radius 2 is 2.00 bits per heavy atom. The molecule has 0 aliphatic heterocycles. The first kappa shape index (κ1) is 13.0. The molecule has 0 aliphatic rings. The topological polar surface area (TPSA) is 25.2 Å². The number of aryl methyl sites for hydroxylation is 2. The van der Waals surface area contributed by atoms with Crippen molar-refractivity contribution in [1.29, 1.82) is 0 Å². The number of anilines is 1. The van der Waals surface area contributed by atoms with E-state index in [1.165, 1.54) is 12.1 Å². The highest BCUT2D eigenvalue weighted by Crippen LogP contribution is 2.27. The Balaban J connectivity index is 2.23. The molecule has 1 aromatic heterocycles. The van der Waals surface area contributed by atoms with Gasteiger partial charge in [-0.2, -0.15) is 0 Å². The van der Waals surface area contributed by atoms with Gasteiger partial charge in [0.05, 0.1) is 11.7 Å². The monoisotopic (exact) mass is 267 g/mol. The summed E-state index contributed by atoms with van der Waals surface area (Å²) in [5, 5.41) is 3.61. The van der Waals surface area contributed by atoms with E-state index in [-0.39, 0.29) is 11.9 Å². The van der Waals surface area contributed by atoms with Crippen LogP contribution in [0.25, 0.3) is 0 Å². The Morgan fingerprint density at radius 3 is 2.61 bits per heavy atom. The fourth-order valence-electron chi connectivity index (χ4n) is 2.00. The fourth-order valence-corrected chi connectivity index (χ4v) is 2.17. The molecule has 1 atom stereocenters. The van der Waals surface area contributed by atoms with Crippen LogP contribution < -0.4 is 5.32 Å². The van der Waals surface area contributed by atoms with Crippen LogP contribution in [0.1, 0.15) is 30.0 Å². The molecule has 0 spiro atoms. The van der Waals surface area contributed by atoms with Gasteiger partial charge in [0.15, 0.2) is 0 Å². The predicted octanol–water partition coefficient (Wildman–Crippen LogP) is 4.86. The summed E-state index contributed by atoms with van der Waals surface area (Å²) in [5.74, 6) is 1.38. The lowest BCUT2D eigenvalue weighted by Gasteiger charge is -2.15. The van der Waals surface area contributed by atoms with Crippen molar-refractivity contribution in [2.75, 3.05) is 5.32 Å². The van der Waals surface area contributed by atoms with Gasteiger partial charge in [0.2, 0.25) is 0 Å². The highest BCUT2D eigenvalue weighted by Gasteiger charge is 2.14. The van der Waals surface area contributed by atoms with Crippen LogP contribution in [0.5, 0.6) is 0 Å². The summed E-state index contributed by atoms with van der Waals surface area (Å²) in [7, 11) is 0. The minimum atomic E-state index is -0.316. The minimum absolute atomic E-state index is 0.0459. The van der Waals surface area contributed by atoms with Crippen molar-refractivity contribution in [2.45, 2.75) is 26.8 Å². The summed E-state index contributed by atoms with van der Waals surface area (Å²) in [6.07, 6.45) is 0. The highest BCUT2D eigenvalue weighted by molar-refractivity contribution is 6.30. The Kier molecular flexibility index (Phi) is 3.62. The molecule has 1 N–H and O–H groups in total. The van der Waals surface area contributed by atoms with Crippen LogP contribution in [0.15, 0.2) is 28.7 Å². The van der Waals surface area contributed by atoms with Gasteiger partial charge >= 0.3 is 0 Å². The van der Waals surface area contributed by atoms with Crippen molar-refractivity contribution in [1.82, 2.24) is 0 Å². The molecule has 1 heterocycles. The first-order chi connectivity index (χ1) is 8.47. The number of furan rings is 1. The quantitative estimate of drug-likeness (QED) is 0.859. The first-order valence-corrected chi connectivity index (χ1v) is 6.13. The second kappa shape index (κ2) is 5.02. The average molecular weight is 268 g/mol. The maximum atomic E-state index is 13.6. The zero-order valence-corrected chi connectivity index (χ0v) is 11.3. The SMILES string of the molecule is Cc1cc(C(C)Nc2cc(Cl)ccc2F)c(C)o1. The van der Waals surface area contributed by atoms with Gasteiger partial charge in [-0.15, -0.1) is 0 Å². The van der Waals surface area contributed by atoms with Crippen molar-refractivity contribution in [3.63, 3.8) is 0 Å². The maximum Gasteiger partial charge on any atom is 0.146 e. The van der Waals surface area contributed by atoms with E-state index in [1.54, 1.807) is 6.07 Å². The molecule has 0 saturated carbocycles. The van der Waals surface area contributed by atoms with E-state index in [1.807, 2.05) is 26.8 Å². The summed E-state index contributed by atoms with van der Waals surface area (Å²) < 4.78 is 19.1. The smallest absolute Gasteiger partial charge is 0.146 e. The minimum Gasteiger partial charge on any atom is -0.466 e. The summed E-state index contributed by atoms with van der Waals surface area (Å²) in [6, 6.07) is 6.37. The number of halogens is 2. The summed E-state index contributed by atoms with van der Waals surface area (Å²) in [5.41, 5.74) is 1.42. The molecule has 96 valence electrons. The lowest BCUT2D eigenvalue weighted by Crippen LogP contribution is -2.08. The summed E-state index contributed by atoms with van der Waals surface area (Å²) in [6.45, 7) is 5.75. The van der Waals surface area contributed by atoms with Gasteiger partial charge < -0.3 is 9.73 Å². The maximum absolute atomic E-state index is 13.6. The Bertz CT molecular complexity index is 565. The van der Waals surface area contributed by atoms with Gasteiger partial charge in [0.1, 0.15) is 17.3 Å². The van der Waals surface area contributed by atoms with Crippen LogP contribution in [-0.2, 0) is 0 Å².